The van der Waals surface area contributed by atoms with Crippen molar-refractivity contribution in [2.45, 2.75) is 31.8 Å². The monoisotopic (exact) mass is 237 g/mol. The fourth-order valence-electron chi connectivity index (χ4n) is 1.76. The zero-order valence-electron chi connectivity index (χ0n) is 9.02. The molecule has 90 valence electrons. The van der Waals surface area contributed by atoms with E-state index < -0.39 is 15.6 Å². The van der Waals surface area contributed by atoms with Gasteiger partial charge in [0.15, 0.2) is 0 Å². The minimum Gasteiger partial charge on any atom is -0.395 e. The van der Waals surface area contributed by atoms with Crippen LogP contribution in [0.1, 0.15) is 26.2 Å². The lowest BCUT2D eigenvalue weighted by atomic mass is 9.98. The summed E-state index contributed by atoms with van der Waals surface area (Å²) in [6, 6.07) is 0. The van der Waals surface area contributed by atoms with E-state index in [9.17, 15) is 13.5 Å². The van der Waals surface area contributed by atoms with E-state index in [1.54, 1.807) is 6.92 Å². The van der Waals surface area contributed by atoms with Crippen molar-refractivity contribution in [1.82, 2.24) is 4.31 Å². The maximum atomic E-state index is 11.6. The predicted molar refractivity (Wildman–Crippen MR) is 56.9 cm³/mol. The molecule has 1 aliphatic heterocycles. The van der Waals surface area contributed by atoms with Crippen LogP contribution >= 0.6 is 0 Å². The molecule has 1 rings (SSSR count). The van der Waals surface area contributed by atoms with Crippen molar-refractivity contribution < 1.29 is 18.6 Å². The number of aliphatic hydroxyl groups is 2. The van der Waals surface area contributed by atoms with Gasteiger partial charge >= 0.3 is 0 Å². The Kier molecular flexibility index (Phi) is 4.11. The molecule has 0 aromatic rings. The first-order chi connectivity index (χ1) is 6.87. The smallest absolute Gasteiger partial charge is 0.216 e. The van der Waals surface area contributed by atoms with Gasteiger partial charge in [0.1, 0.15) is 0 Å². The summed E-state index contributed by atoms with van der Waals surface area (Å²) in [4.78, 5) is 0. The molecule has 15 heavy (non-hydrogen) atoms. The molecule has 2 N–H and O–H groups in total. The average molecular weight is 237 g/mol. The normalized spacial score (nSPS) is 30.1. The Hall–Kier alpha value is -0.170. The molecule has 5 nitrogen and oxygen atoms in total. The van der Waals surface area contributed by atoms with Gasteiger partial charge in [-0.05, 0) is 26.2 Å². The van der Waals surface area contributed by atoms with E-state index in [4.69, 9.17) is 5.11 Å². The Morgan fingerprint density at radius 3 is 2.60 bits per heavy atom. The molecule has 0 bridgehead atoms. The van der Waals surface area contributed by atoms with E-state index in [-0.39, 0.29) is 12.4 Å². The van der Waals surface area contributed by atoms with Crippen LogP contribution in [-0.2, 0) is 10.0 Å². The molecule has 0 saturated carbocycles. The molecular weight excluding hydrogens is 218 g/mol. The molecule has 1 fully saturated rings. The van der Waals surface area contributed by atoms with Crippen molar-refractivity contribution >= 4 is 10.0 Å². The lowest BCUT2D eigenvalue weighted by Crippen LogP contribution is -2.35. The predicted octanol–water partition coefficient (Wildman–Crippen LogP) is -0.455. The summed E-state index contributed by atoms with van der Waals surface area (Å²) in [6.45, 7) is 2.16. The second kappa shape index (κ2) is 4.78. The quantitative estimate of drug-likeness (QED) is 0.696. The fourth-order valence-corrected chi connectivity index (χ4v) is 3.03. The first kappa shape index (κ1) is 12.9. The summed E-state index contributed by atoms with van der Waals surface area (Å²) in [5, 5.41) is 18.4. The van der Waals surface area contributed by atoms with Gasteiger partial charge in [-0.1, -0.05) is 0 Å². The number of rotatable bonds is 3. The van der Waals surface area contributed by atoms with Gasteiger partial charge in [0.2, 0.25) is 10.0 Å². The summed E-state index contributed by atoms with van der Waals surface area (Å²) in [5.74, 6) is -0.227. The number of hydrogen-bond donors (Lipinski definition) is 2. The van der Waals surface area contributed by atoms with Crippen LogP contribution in [0.25, 0.3) is 0 Å². The summed E-state index contributed by atoms with van der Waals surface area (Å²) < 4.78 is 24.6. The molecular formula is C9H19NO4S. The highest BCUT2D eigenvalue weighted by Gasteiger charge is 2.29. The highest BCUT2D eigenvalue weighted by molar-refractivity contribution is 7.89. The zero-order valence-corrected chi connectivity index (χ0v) is 9.83. The molecule has 0 radical (unpaired) electrons. The second-order valence-corrected chi connectivity index (χ2v) is 6.38. The van der Waals surface area contributed by atoms with Crippen LogP contribution in [0.2, 0.25) is 0 Å². The van der Waals surface area contributed by atoms with Gasteiger partial charge in [-0.3, -0.25) is 0 Å². The van der Waals surface area contributed by atoms with Gasteiger partial charge in [0, 0.05) is 13.1 Å². The van der Waals surface area contributed by atoms with Crippen molar-refractivity contribution in [3.8, 4) is 0 Å². The Bertz CT molecular complexity index is 299. The minimum absolute atomic E-state index is 0.227. The summed E-state index contributed by atoms with van der Waals surface area (Å²) in [5.41, 5.74) is -0.760. The van der Waals surface area contributed by atoms with Crippen LogP contribution in [0.3, 0.4) is 0 Å². The number of sulfonamides is 1. The maximum absolute atomic E-state index is 11.6. The van der Waals surface area contributed by atoms with Gasteiger partial charge in [-0.2, -0.15) is 0 Å². The fraction of sp³-hybridized carbons (Fsp3) is 1.00. The molecule has 1 atom stereocenters. The molecule has 1 aliphatic rings. The number of aliphatic hydroxyl groups excluding tert-OH is 1. The van der Waals surface area contributed by atoms with Gasteiger partial charge in [0.25, 0.3) is 0 Å². The molecule has 6 heteroatoms. The van der Waals surface area contributed by atoms with Gasteiger partial charge in [-0.25, -0.2) is 12.7 Å². The SMILES string of the molecule is CC1(O)CCCN(S(=O)(=O)CCO)CC1. The lowest BCUT2D eigenvalue weighted by Gasteiger charge is -2.21. The molecule has 0 aromatic heterocycles. The summed E-state index contributed by atoms with van der Waals surface area (Å²) in [7, 11) is -3.33. The Morgan fingerprint density at radius 2 is 2.00 bits per heavy atom. The first-order valence-electron chi connectivity index (χ1n) is 5.18. The third kappa shape index (κ3) is 3.71. The average Bonchev–Trinajstić information content (AvgIpc) is 2.26. The van der Waals surface area contributed by atoms with E-state index in [0.29, 0.717) is 32.4 Å². The van der Waals surface area contributed by atoms with E-state index >= 15 is 0 Å². The highest BCUT2D eigenvalue weighted by Crippen LogP contribution is 2.22. The molecule has 0 spiro atoms. The number of hydrogen-bond acceptors (Lipinski definition) is 4. The van der Waals surface area contributed by atoms with Crippen molar-refractivity contribution in [2.24, 2.45) is 0 Å². The van der Waals surface area contributed by atoms with Crippen molar-refractivity contribution in [3.05, 3.63) is 0 Å². The Labute approximate surface area is 90.8 Å². The van der Waals surface area contributed by atoms with Crippen LogP contribution < -0.4 is 0 Å². The Morgan fingerprint density at radius 1 is 1.33 bits per heavy atom. The third-order valence-electron chi connectivity index (χ3n) is 2.77. The number of nitrogens with zero attached hydrogens (tertiary/aromatic N) is 1. The molecule has 0 aliphatic carbocycles. The molecule has 1 saturated heterocycles. The van der Waals surface area contributed by atoms with Gasteiger partial charge < -0.3 is 10.2 Å². The summed E-state index contributed by atoms with van der Waals surface area (Å²) in [6.07, 6.45) is 1.74. The molecule has 1 heterocycles. The van der Waals surface area contributed by atoms with Crippen LogP contribution in [0, 0.1) is 0 Å². The minimum atomic E-state index is -3.33. The topological polar surface area (TPSA) is 77.8 Å². The third-order valence-corrected chi connectivity index (χ3v) is 4.62. The lowest BCUT2D eigenvalue weighted by molar-refractivity contribution is 0.0465. The van der Waals surface area contributed by atoms with Crippen LogP contribution in [0.5, 0.6) is 0 Å². The van der Waals surface area contributed by atoms with E-state index in [0.717, 1.165) is 0 Å². The van der Waals surface area contributed by atoms with Crippen molar-refractivity contribution in [2.75, 3.05) is 25.4 Å². The molecule has 1 unspecified atom stereocenters. The van der Waals surface area contributed by atoms with Crippen molar-refractivity contribution in [1.29, 1.82) is 0 Å². The van der Waals surface area contributed by atoms with E-state index in [2.05, 4.69) is 0 Å². The maximum Gasteiger partial charge on any atom is 0.216 e. The first-order valence-corrected chi connectivity index (χ1v) is 6.79. The second-order valence-electron chi connectivity index (χ2n) is 4.29. The van der Waals surface area contributed by atoms with Crippen molar-refractivity contribution in [3.63, 3.8) is 0 Å². The van der Waals surface area contributed by atoms with Crippen LogP contribution in [0.15, 0.2) is 0 Å². The van der Waals surface area contributed by atoms with Gasteiger partial charge in [0.05, 0.1) is 18.0 Å². The van der Waals surface area contributed by atoms with Crippen LogP contribution in [-0.4, -0.2) is 54.0 Å². The standard InChI is InChI=1S/C9H19NO4S/c1-9(12)3-2-5-10(6-4-9)15(13,14)8-7-11/h11-12H,2-8H2,1H3. The van der Waals surface area contributed by atoms with E-state index in [1.165, 1.54) is 4.31 Å². The van der Waals surface area contributed by atoms with Gasteiger partial charge in [-0.15, -0.1) is 0 Å². The zero-order chi connectivity index (χ0) is 11.5. The molecule has 0 amide bonds. The Balaban J connectivity index is 2.66. The largest absolute Gasteiger partial charge is 0.395 e. The molecule has 0 aromatic carbocycles. The highest BCUT2D eigenvalue weighted by atomic mass is 32.2. The van der Waals surface area contributed by atoms with E-state index in [1.807, 2.05) is 0 Å². The van der Waals surface area contributed by atoms with Crippen LogP contribution in [0.4, 0.5) is 0 Å². The summed E-state index contributed by atoms with van der Waals surface area (Å²) >= 11 is 0.